The van der Waals surface area contributed by atoms with E-state index in [2.05, 4.69) is 5.92 Å². The lowest BCUT2D eigenvalue weighted by atomic mass is 9.90. The number of hydrogen-bond donors (Lipinski definition) is 2. The Morgan fingerprint density at radius 3 is 2.82 bits per heavy atom. The van der Waals surface area contributed by atoms with Gasteiger partial charge in [0, 0.05) is 13.0 Å². The summed E-state index contributed by atoms with van der Waals surface area (Å²) in [5, 5.41) is 9.16. The number of terminal acetylenes is 1. The van der Waals surface area contributed by atoms with Crippen molar-refractivity contribution in [2.45, 2.75) is 38.3 Å². The predicted molar refractivity (Wildman–Crippen MR) is 63.0 cm³/mol. The summed E-state index contributed by atoms with van der Waals surface area (Å²) >= 11 is 0. The Labute approximate surface area is 101 Å². The van der Waals surface area contributed by atoms with E-state index in [4.69, 9.17) is 17.3 Å². The fourth-order valence-electron chi connectivity index (χ4n) is 2.24. The zero-order chi connectivity index (χ0) is 13.0. The van der Waals surface area contributed by atoms with E-state index in [1.165, 1.54) is 4.90 Å². The van der Waals surface area contributed by atoms with E-state index in [9.17, 15) is 9.59 Å². The molecular formula is C12H18N2O3. The molecule has 5 nitrogen and oxygen atoms in total. The molecule has 0 aromatic rings. The van der Waals surface area contributed by atoms with Crippen molar-refractivity contribution in [3.63, 3.8) is 0 Å². The van der Waals surface area contributed by atoms with E-state index in [-0.39, 0.29) is 18.2 Å². The second-order valence-electron chi connectivity index (χ2n) is 4.45. The number of rotatable bonds is 3. The molecule has 1 aliphatic heterocycles. The van der Waals surface area contributed by atoms with Gasteiger partial charge in [0.15, 0.2) is 0 Å². The van der Waals surface area contributed by atoms with Gasteiger partial charge >= 0.3 is 5.97 Å². The molecule has 3 N–H and O–H groups in total. The maximum atomic E-state index is 12.0. The van der Waals surface area contributed by atoms with Crippen LogP contribution in [0.15, 0.2) is 0 Å². The molecule has 1 rings (SSSR count). The first-order valence-electron chi connectivity index (χ1n) is 5.71. The summed E-state index contributed by atoms with van der Waals surface area (Å²) in [5.74, 6) is 0.937. The van der Waals surface area contributed by atoms with Gasteiger partial charge in [-0.15, -0.1) is 12.3 Å². The second-order valence-corrected chi connectivity index (χ2v) is 4.45. The van der Waals surface area contributed by atoms with Crippen molar-refractivity contribution >= 4 is 11.9 Å². The van der Waals surface area contributed by atoms with Crippen LogP contribution in [-0.2, 0) is 9.59 Å². The maximum absolute atomic E-state index is 12.0. The first kappa shape index (κ1) is 13.5. The molecule has 94 valence electrons. The number of aliphatic carboxylic acids is 1. The molecule has 0 aromatic carbocycles. The Hall–Kier alpha value is -1.54. The number of amides is 1. The number of nitrogens with two attached hydrogens (primary N) is 1. The lowest BCUT2D eigenvalue weighted by Crippen LogP contribution is -2.56. The zero-order valence-corrected chi connectivity index (χ0v) is 9.93. The Bertz CT molecular complexity index is 348. The van der Waals surface area contributed by atoms with Crippen LogP contribution in [0.5, 0.6) is 0 Å². The van der Waals surface area contributed by atoms with E-state index >= 15 is 0 Å². The van der Waals surface area contributed by atoms with Crippen LogP contribution >= 0.6 is 0 Å². The highest BCUT2D eigenvalue weighted by Crippen LogP contribution is 2.24. The van der Waals surface area contributed by atoms with E-state index in [1.807, 2.05) is 6.92 Å². The predicted octanol–water partition coefficient (Wildman–Crippen LogP) is 0.0487. The molecule has 3 atom stereocenters. The SMILES string of the molecule is C#CCC(N)C(=O)N1CCCC(C)C1C(=O)O. The topological polar surface area (TPSA) is 83.6 Å². The number of carboxylic acid groups (broad SMARTS) is 1. The Kier molecular flexibility index (Phi) is 4.53. The molecule has 1 fully saturated rings. The van der Waals surface area contributed by atoms with E-state index < -0.39 is 18.1 Å². The second kappa shape index (κ2) is 5.69. The van der Waals surface area contributed by atoms with Gasteiger partial charge in [-0.1, -0.05) is 6.92 Å². The zero-order valence-electron chi connectivity index (χ0n) is 9.93. The number of carboxylic acids is 1. The number of nitrogens with zero attached hydrogens (tertiary/aromatic N) is 1. The van der Waals surface area contributed by atoms with Gasteiger partial charge in [0.2, 0.25) is 5.91 Å². The first-order chi connectivity index (χ1) is 7.99. The third kappa shape index (κ3) is 2.98. The maximum Gasteiger partial charge on any atom is 0.326 e. The quantitative estimate of drug-likeness (QED) is 0.680. The summed E-state index contributed by atoms with van der Waals surface area (Å²) in [6.07, 6.45) is 6.85. The van der Waals surface area contributed by atoms with Crippen molar-refractivity contribution in [2.75, 3.05) is 6.54 Å². The third-order valence-electron chi connectivity index (χ3n) is 3.12. The minimum absolute atomic E-state index is 0.0526. The molecule has 3 unspecified atom stereocenters. The van der Waals surface area contributed by atoms with Gasteiger partial charge in [0.05, 0.1) is 6.04 Å². The van der Waals surface area contributed by atoms with Crippen molar-refractivity contribution < 1.29 is 14.7 Å². The van der Waals surface area contributed by atoms with Gasteiger partial charge < -0.3 is 15.7 Å². The highest BCUT2D eigenvalue weighted by molar-refractivity contribution is 5.87. The Balaban J connectivity index is 2.82. The van der Waals surface area contributed by atoms with Crippen LogP contribution in [-0.4, -0.2) is 40.5 Å². The van der Waals surface area contributed by atoms with Gasteiger partial charge in [-0.25, -0.2) is 4.79 Å². The van der Waals surface area contributed by atoms with Gasteiger partial charge in [0.1, 0.15) is 6.04 Å². The summed E-state index contributed by atoms with van der Waals surface area (Å²) in [7, 11) is 0. The lowest BCUT2D eigenvalue weighted by molar-refractivity contribution is -0.155. The summed E-state index contributed by atoms with van der Waals surface area (Å²) in [6.45, 7) is 2.28. The number of likely N-dealkylation sites (tertiary alicyclic amines) is 1. The smallest absolute Gasteiger partial charge is 0.326 e. The summed E-state index contributed by atoms with van der Waals surface area (Å²) in [4.78, 5) is 24.5. The highest BCUT2D eigenvalue weighted by atomic mass is 16.4. The molecule has 0 aromatic heterocycles. The van der Waals surface area contributed by atoms with Crippen LogP contribution in [0.4, 0.5) is 0 Å². The van der Waals surface area contributed by atoms with Crippen molar-refractivity contribution in [3.05, 3.63) is 0 Å². The molecule has 0 radical (unpaired) electrons. The largest absolute Gasteiger partial charge is 0.480 e. The van der Waals surface area contributed by atoms with Crippen LogP contribution in [0, 0.1) is 18.3 Å². The molecular weight excluding hydrogens is 220 g/mol. The van der Waals surface area contributed by atoms with E-state index in [0.717, 1.165) is 12.8 Å². The minimum atomic E-state index is -0.974. The van der Waals surface area contributed by atoms with Crippen LogP contribution in [0.3, 0.4) is 0 Å². The monoisotopic (exact) mass is 238 g/mol. The average molecular weight is 238 g/mol. The summed E-state index contributed by atoms with van der Waals surface area (Å²) in [5.41, 5.74) is 5.64. The molecule has 1 aliphatic rings. The number of carbonyl (C=O) groups excluding carboxylic acids is 1. The van der Waals surface area contributed by atoms with E-state index in [0.29, 0.717) is 6.54 Å². The average Bonchev–Trinajstić information content (AvgIpc) is 2.27. The number of hydrogen-bond acceptors (Lipinski definition) is 3. The molecule has 0 bridgehead atoms. The fourth-order valence-corrected chi connectivity index (χ4v) is 2.24. The highest BCUT2D eigenvalue weighted by Gasteiger charge is 2.38. The molecule has 0 aliphatic carbocycles. The molecule has 1 heterocycles. The van der Waals surface area contributed by atoms with Crippen LogP contribution in [0.2, 0.25) is 0 Å². The van der Waals surface area contributed by atoms with Gasteiger partial charge in [0.25, 0.3) is 0 Å². The summed E-state index contributed by atoms with van der Waals surface area (Å²) < 4.78 is 0. The molecule has 17 heavy (non-hydrogen) atoms. The van der Waals surface area contributed by atoms with Gasteiger partial charge in [-0.3, -0.25) is 4.79 Å². The molecule has 1 saturated heterocycles. The lowest BCUT2D eigenvalue weighted by Gasteiger charge is -2.38. The van der Waals surface area contributed by atoms with E-state index in [1.54, 1.807) is 0 Å². The summed E-state index contributed by atoms with van der Waals surface area (Å²) in [6, 6.07) is -1.58. The van der Waals surface area contributed by atoms with Crippen molar-refractivity contribution in [1.82, 2.24) is 4.90 Å². The fraction of sp³-hybridized carbons (Fsp3) is 0.667. The molecule has 0 spiro atoms. The molecule has 5 heteroatoms. The normalized spacial score (nSPS) is 26.1. The van der Waals surface area contributed by atoms with Crippen LogP contribution < -0.4 is 5.73 Å². The molecule has 0 saturated carbocycles. The van der Waals surface area contributed by atoms with Crippen molar-refractivity contribution in [1.29, 1.82) is 0 Å². The van der Waals surface area contributed by atoms with Crippen molar-refractivity contribution in [3.8, 4) is 12.3 Å². The first-order valence-corrected chi connectivity index (χ1v) is 5.71. The van der Waals surface area contributed by atoms with Crippen LogP contribution in [0.1, 0.15) is 26.2 Å². The number of piperidine rings is 1. The van der Waals surface area contributed by atoms with Gasteiger partial charge in [-0.2, -0.15) is 0 Å². The Morgan fingerprint density at radius 1 is 1.65 bits per heavy atom. The van der Waals surface area contributed by atoms with Gasteiger partial charge in [-0.05, 0) is 18.8 Å². The van der Waals surface area contributed by atoms with Crippen LogP contribution in [0.25, 0.3) is 0 Å². The Morgan fingerprint density at radius 2 is 2.29 bits per heavy atom. The van der Waals surface area contributed by atoms with Crippen molar-refractivity contribution in [2.24, 2.45) is 11.7 Å². The molecule has 1 amide bonds. The third-order valence-corrected chi connectivity index (χ3v) is 3.12. The standard InChI is InChI=1S/C12H18N2O3/c1-3-5-9(13)11(15)14-7-4-6-8(2)10(14)12(16)17/h1,8-10H,4-7,13H2,2H3,(H,16,17). The minimum Gasteiger partial charge on any atom is -0.480 e. The number of carbonyl (C=O) groups is 2.